The highest BCUT2D eigenvalue weighted by Crippen LogP contribution is 2.29. The van der Waals surface area contributed by atoms with E-state index in [1.165, 1.54) is 17.3 Å². The van der Waals surface area contributed by atoms with Gasteiger partial charge < -0.3 is 10.0 Å². The Bertz CT molecular complexity index is 757. The Morgan fingerprint density at radius 1 is 1.17 bits per heavy atom. The summed E-state index contributed by atoms with van der Waals surface area (Å²) in [6.07, 6.45) is 0. The second-order valence-electron chi connectivity index (χ2n) is 5.97. The summed E-state index contributed by atoms with van der Waals surface area (Å²) in [7, 11) is 0. The van der Waals surface area contributed by atoms with Crippen LogP contribution in [0.1, 0.15) is 22.6 Å². The molecule has 2 aromatic carbocycles. The van der Waals surface area contributed by atoms with Gasteiger partial charge in [-0.1, -0.05) is 42.0 Å². The molecule has 24 heavy (non-hydrogen) atoms. The van der Waals surface area contributed by atoms with E-state index in [1.54, 1.807) is 4.90 Å². The standard InChI is InChI=1S/C19H19NO3S/c1-13-6-8-15(9-7-13)24-12-18(21)20-10-14-4-2-3-5-16(14)17(11-20)19(22)23/h2-9,17H,10-12H2,1H3,(H,22,23). The fraction of sp³-hybridized carbons (Fsp3) is 0.263. The summed E-state index contributed by atoms with van der Waals surface area (Å²) in [5.41, 5.74) is 2.92. The minimum atomic E-state index is -0.883. The van der Waals surface area contributed by atoms with Crippen molar-refractivity contribution < 1.29 is 14.7 Å². The smallest absolute Gasteiger partial charge is 0.312 e. The summed E-state index contributed by atoms with van der Waals surface area (Å²) >= 11 is 1.48. The van der Waals surface area contributed by atoms with E-state index in [9.17, 15) is 14.7 Å². The first-order valence-corrected chi connectivity index (χ1v) is 8.81. The normalized spacial score (nSPS) is 16.5. The Balaban J connectivity index is 1.69. The number of aliphatic carboxylic acids is 1. The van der Waals surface area contributed by atoms with Crippen LogP contribution in [0.2, 0.25) is 0 Å². The first kappa shape index (κ1) is 16.6. The molecule has 0 spiro atoms. The van der Waals surface area contributed by atoms with E-state index in [1.807, 2.05) is 55.5 Å². The molecule has 1 aliphatic rings. The highest BCUT2D eigenvalue weighted by molar-refractivity contribution is 8.00. The molecule has 2 aromatic rings. The summed E-state index contributed by atoms with van der Waals surface area (Å²) in [6.45, 7) is 2.74. The topological polar surface area (TPSA) is 57.6 Å². The van der Waals surface area contributed by atoms with Crippen LogP contribution in [0.5, 0.6) is 0 Å². The SMILES string of the molecule is Cc1ccc(SCC(=O)N2Cc3ccccc3C(C(=O)O)C2)cc1. The predicted octanol–water partition coefficient (Wildman–Crippen LogP) is 3.30. The third-order valence-electron chi connectivity index (χ3n) is 4.23. The number of carbonyl (C=O) groups excluding carboxylic acids is 1. The van der Waals surface area contributed by atoms with Gasteiger partial charge in [-0.05, 0) is 30.2 Å². The average molecular weight is 341 g/mol. The second kappa shape index (κ2) is 7.09. The maximum absolute atomic E-state index is 12.5. The van der Waals surface area contributed by atoms with E-state index in [2.05, 4.69) is 0 Å². The van der Waals surface area contributed by atoms with E-state index < -0.39 is 11.9 Å². The quantitative estimate of drug-likeness (QED) is 0.867. The zero-order valence-corrected chi connectivity index (χ0v) is 14.3. The largest absolute Gasteiger partial charge is 0.481 e. The van der Waals surface area contributed by atoms with Crippen LogP contribution < -0.4 is 0 Å². The van der Waals surface area contributed by atoms with Crippen LogP contribution in [0.4, 0.5) is 0 Å². The molecule has 4 nitrogen and oxygen atoms in total. The van der Waals surface area contributed by atoms with Crippen molar-refractivity contribution in [1.29, 1.82) is 0 Å². The molecule has 0 saturated carbocycles. The van der Waals surface area contributed by atoms with Crippen molar-refractivity contribution >= 4 is 23.6 Å². The Morgan fingerprint density at radius 3 is 2.58 bits per heavy atom. The number of aryl methyl sites for hydroxylation is 1. The number of rotatable bonds is 4. The third-order valence-corrected chi connectivity index (χ3v) is 5.23. The van der Waals surface area contributed by atoms with Gasteiger partial charge in [-0.3, -0.25) is 9.59 Å². The summed E-state index contributed by atoms with van der Waals surface area (Å²) in [4.78, 5) is 26.8. The molecule has 1 heterocycles. The Kier molecular flexibility index (Phi) is 4.90. The molecule has 5 heteroatoms. The Hall–Kier alpha value is -2.27. The van der Waals surface area contributed by atoms with Crippen LogP contribution in [0.15, 0.2) is 53.4 Å². The van der Waals surface area contributed by atoms with Crippen LogP contribution in [-0.4, -0.2) is 34.2 Å². The number of amides is 1. The molecule has 0 radical (unpaired) electrons. The van der Waals surface area contributed by atoms with E-state index in [4.69, 9.17) is 0 Å². The molecule has 124 valence electrons. The van der Waals surface area contributed by atoms with Gasteiger partial charge in [-0.15, -0.1) is 11.8 Å². The number of benzene rings is 2. The van der Waals surface area contributed by atoms with E-state index >= 15 is 0 Å². The lowest BCUT2D eigenvalue weighted by atomic mass is 9.90. The van der Waals surface area contributed by atoms with Gasteiger partial charge in [0.2, 0.25) is 5.91 Å². The van der Waals surface area contributed by atoms with Gasteiger partial charge in [-0.2, -0.15) is 0 Å². The summed E-state index contributed by atoms with van der Waals surface area (Å²) in [5, 5.41) is 9.48. The van der Waals surface area contributed by atoms with Crippen LogP contribution in [0.25, 0.3) is 0 Å². The Morgan fingerprint density at radius 2 is 1.88 bits per heavy atom. The summed E-state index contributed by atoms with van der Waals surface area (Å²) in [6, 6.07) is 15.5. The molecule has 0 aromatic heterocycles. The molecule has 0 bridgehead atoms. The molecule has 0 aliphatic carbocycles. The molecule has 1 N–H and O–H groups in total. The van der Waals surface area contributed by atoms with E-state index in [-0.39, 0.29) is 12.5 Å². The van der Waals surface area contributed by atoms with Crippen molar-refractivity contribution in [2.75, 3.05) is 12.3 Å². The molecule has 1 unspecified atom stereocenters. The summed E-state index contributed by atoms with van der Waals surface area (Å²) < 4.78 is 0. The Labute approximate surface area is 145 Å². The lowest BCUT2D eigenvalue weighted by Gasteiger charge is -2.32. The highest BCUT2D eigenvalue weighted by atomic mass is 32.2. The lowest BCUT2D eigenvalue weighted by molar-refractivity contribution is -0.140. The first-order valence-electron chi connectivity index (χ1n) is 7.82. The van der Waals surface area contributed by atoms with Crippen LogP contribution >= 0.6 is 11.8 Å². The monoisotopic (exact) mass is 341 g/mol. The van der Waals surface area contributed by atoms with Crippen molar-refractivity contribution in [2.24, 2.45) is 0 Å². The number of fused-ring (bicyclic) bond motifs is 1. The van der Waals surface area contributed by atoms with Crippen molar-refractivity contribution in [3.63, 3.8) is 0 Å². The van der Waals surface area contributed by atoms with Gasteiger partial charge in [0.15, 0.2) is 0 Å². The molecule has 0 saturated heterocycles. The fourth-order valence-corrected chi connectivity index (χ4v) is 3.68. The number of hydrogen-bond acceptors (Lipinski definition) is 3. The number of carboxylic acids is 1. The third kappa shape index (κ3) is 3.62. The van der Waals surface area contributed by atoms with Crippen LogP contribution in [0.3, 0.4) is 0 Å². The molecule has 0 fully saturated rings. The number of carboxylic acid groups (broad SMARTS) is 1. The molecule has 1 amide bonds. The first-order chi connectivity index (χ1) is 11.5. The minimum absolute atomic E-state index is 0.0265. The maximum Gasteiger partial charge on any atom is 0.312 e. The van der Waals surface area contributed by atoms with Gasteiger partial charge in [0.1, 0.15) is 0 Å². The number of carbonyl (C=O) groups is 2. The molecular weight excluding hydrogens is 322 g/mol. The van der Waals surface area contributed by atoms with Crippen molar-refractivity contribution in [3.05, 3.63) is 65.2 Å². The van der Waals surface area contributed by atoms with Gasteiger partial charge in [0.25, 0.3) is 0 Å². The molecule has 1 atom stereocenters. The van der Waals surface area contributed by atoms with Gasteiger partial charge in [0, 0.05) is 18.0 Å². The molecule has 1 aliphatic heterocycles. The lowest BCUT2D eigenvalue weighted by Crippen LogP contribution is -2.41. The van der Waals surface area contributed by atoms with E-state index in [0.29, 0.717) is 12.3 Å². The average Bonchev–Trinajstić information content (AvgIpc) is 2.59. The van der Waals surface area contributed by atoms with Crippen LogP contribution in [-0.2, 0) is 16.1 Å². The van der Waals surface area contributed by atoms with Crippen molar-refractivity contribution in [1.82, 2.24) is 4.90 Å². The second-order valence-corrected chi connectivity index (χ2v) is 7.01. The number of nitrogens with zero attached hydrogens (tertiary/aromatic N) is 1. The minimum Gasteiger partial charge on any atom is -0.481 e. The maximum atomic E-state index is 12.5. The van der Waals surface area contributed by atoms with Crippen molar-refractivity contribution in [3.8, 4) is 0 Å². The van der Waals surface area contributed by atoms with E-state index in [0.717, 1.165) is 16.0 Å². The van der Waals surface area contributed by atoms with Crippen LogP contribution in [0, 0.1) is 6.92 Å². The highest BCUT2D eigenvalue weighted by Gasteiger charge is 2.32. The van der Waals surface area contributed by atoms with Gasteiger partial charge >= 0.3 is 5.97 Å². The zero-order valence-electron chi connectivity index (χ0n) is 13.4. The van der Waals surface area contributed by atoms with Gasteiger partial charge in [-0.25, -0.2) is 0 Å². The number of hydrogen-bond donors (Lipinski definition) is 1. The fourth-order valence-electron chi connectivity index (χ4n) is 2.88. The van der Waals surface area contributed by atoms with Crippen molar-refractivity contribution in [2.45, 2.75) is 24.3 Å². The number of thioether (sulfide) groups is 1. The zero-order chi connectivity index (χ0) is 17.1. The summed E-state index contributed by atoms with van der Waals surface area (Å²) in [5.74, 6) is -1.24. The van der Waals surface area contributed by atoms with Gasteiger partial charge in [0.05, 0.1) is 11.7 Å². The predicted molar refractivity (Wildman–Crippen MR) is 94.1 cm³/mol. The molecular formula is C19H19NO3S. The molecule has 3 rings (SSSR count).